The Morgan fingerprint density at radius 2 is 2.10 bits per heavy atom. The van der Waals surface area contributed by atoms with Crippen molar-refractivity contribution in [2.24, 2.45) is 0 Å². The van der Waals surface area contributed by atoms with Gasteiger partial charge in [-0.1, -0.05) is 26.8 Å². The molecule has 0 radical (unpaired) electrons. The average molecular weight is 273 g/mol. The lowest BCUT2D eigenvalue weighted by Gasteiger charge is -2.45. The second-order valence-corrected chi connectivity index (χ2v) is 6.82. The van der Waals surface area contributed by atoms with Crippen molar-refractivity contribution in [3.8, 4) is 0 Å². The van der Waals surface area contributed by atoms with Crippen molar-refractivity contribution >= 4 is 5.97 Å². The van der Waals surface area contributed by atoms with Crippen molar-refractivity contribution in [2.45, 2.75) is 57.5 Å². The topological polar surface area (TPSA) is 40.5 Å². The van der Waals surface area contributed by atoms with Crippen molar-refractivity contribution in [1.29, 1.82) is 0 Å². The molecule has 20 heavy (non-hydrogen) atoms. The first-order valence-electron chi connectivity index (χ1n) is 7.57. The molecule has 1 heterocycles. The number of nitrogens with zero attached hydrogens (tertiary/aromatic N) is 1. The monoisotopic (exact) mass is 273 g/mol. The Labute approximate surface area is 120 Å². The van der Waals surface area contributed by atoms with E-state index < -0.39 is 5.97 Å². The molecule has 1 N–H and O–H groups in total. The molecule has 1 atom stereocenters. The summed E-state index contributed by atoms with van der Waals surface area (Å²) < 4.78 is 0. The predicted octanol–water partition coefficient (Wildman–Crippen LogP) is 3.59. The number of aromatic carboxylic acids is 1. The van der Waals surface area contributed by atoms with Crippen LogP contribution in [0.5, 0.6) is 0 Å². The van der Waals surface area contributed by atoms with Gasteiger partial charge in [0.2, 0.25) is 0 Å². The van der Waals surface area contributed by atoms with Crippen molar-refractivity contribution in [1.82, 2.24) is 4.90 Å². The summed E-state index contributed by atoms with van der Waals surface area (Å²) in [5, 5.41) is 9.22. The van der Waals surface area contributed by atoms with Gasteiger partial charge >= 0.3 is 5.97 Å². The number of benzene rings is 1. The molecular weight excluding hydrogens is 250 g/mol. The van der Waals surface area contributed by atoms with E-state index in [-0.39, 0.29) is 5.41 Å². The molecule has 3 nitrogen and oxygen atoms in total. The first-order valence-corrected chi connectivity index (χ1v) is 7.57. The zero-order valence-electron chi connectivity index (χ0n) is 12.5. The Morgan fingerprint density at radius 3 is 2.65 bits per heavy atom. The molecule has 2 aliphatic rings. The van der Waals surface area contributed by atoms with Gasteiger partial charge in [0.05, 0.1) is 5.56 Å². The fourth-order valence-electron chi connectivity index (χ4n) is 3.64. The third-order valence-electron chi connectivity index (χ3n) is 4.77. The van der Waals surface area contributed by atoms with Crippen molar-refractivity contribution in [3.63, 3.8) is 0 Å². The first-order chi connectivity index (χ1) is 9.44. The van der Waals surface area contributed by atoms with E-state index in [4.69, 9.17) is 0 Å². The summed E-state index contributed by atoms with van der Waals surface area (Å²) in [6, 6.07) is 6.89. The van der Waals surface area contributed by atoms with E-state index in [0.29, 0.717) is 11.6 Å². The van der Waals surface area contributed by atoms with Gasteiger partial charge in [-0.05, 0) is 42.5 Å². The van der Waals surface area contributed by atoms with Crippen LogP contribution in [0.2, 0.25) is 0 Å². The van der Waals surface area contributed by atoms with Crippen LogP contribution in [0, 0.1) is 0 Å². The van der Waals surface area contributed by atoms with E-state index >= 15 is 0 Å². The van der Waals surface area contributed by atoms with E-state index in [1.165, 1.54) is 24.0 Å². The number of rotatable bonds is 3. The SMILES string of the molecule is CCC1c2ccc(C(=O)O)cc2C(C)(C)CN1C1CC1. The lowest BCUT2D eigenvalue weighted by Crippen LogP contribution is -2.46. The van der Waals surface area contributed by atoms with Crippen LogP contribution in [0.1, 0.15) is 67.6 Å². The summed E-state index contributed by atoms with van der Waals surface area (Å²) in [5.74, 6) is -0.832. The van der Waals surface area contributed by atoms with Gasteiger partial charge in [0.15, 0.2) is 0 Å². The van der Waals surface area contributed by atoms with E-state index in [0.717, 1.165) is 19.0 Å². The summed E-state index contributed by atoms with van der Waals surface area (Å²) in [5.41, 5.74) is 2.99. The molecule has 1 aliphatic carbocycles. The molecule has 0 amide bonds. The van der Waals surface area contributed by atoms with Crippen molar-refractivity contribution in [2.75, 3.05) is 6.54 Å². The Bertz CT molecular complexity index is 546. The minimum absolute atomic E-state index is 0.0229. The minimum atomic E-state index is -0.832. The molecule has 3 rings (SSSR count). The normalized spacial score (nSPS) is 25.2. The maximum absolute atomic E-state index is 11.2. The molecule has 1 unspecified atom stereocenters. The van der Waals surface area contributed by atoms with Crippen LogP contribution < -0.4 is 0 Å². The summed E-state index contributed by atoms with van der Waals surface area (Å²) in [7, 11) is 0. The zero-order valence-corrected chi connectivity index (χ0v) is 12.5. The molecule has 1 aromatic rings. The Hall–Kier alpha value is -1.35. The summed E-state index contributed by atoms with van der Waals surface area (Å²) in [6.45, 7) is 7.73. The molecule has 0 spiro atoms. The van der Waals surface area contributed by atoms with Gasteiger partial charge in [-0.25, -0.2) is 4.79 Å². The molecule has 1 saturated carbocycles. The van der Waals surface area contributed by atoms with E-state index in [1.807, 2.05) is 12.1 Å². The highest BCUT2D eigenvalue weighted by atomic mass is 16.4. The number of carboxylic acid groups (broad SMARTS) is 1. The minimum Gasteiger partial charge on any atom is -0.478 e. The average Bonchev–Trinajstić information content (AvgIpc) is 3.22. The Kier molecular flexibility index (Phi) is 3.13. The molecule has 0 saturated heterocycles. The summed E-state index contributed by atoms with van der Waals surface area (Å²) in [4.78, 5) is 13.9. The molecule has 0 bridgehead atoms. The third kappa shape index (κ3) is 2.14. The van der Waals surface area contributed by atoms with Gasteiger partial charge in [-0.2, -0.15) is 0 Å². The van der Waals surface area contributed by atoms with Gasteiger partial charge in [-0.3, -0.25) is 4.90 Å². The fourth-order valence-corrected chi connectivity index (χ4v) is 3.64. The number of hydrogen-bond acceptors (Lipinski definition) is 2. The maximum Gasteiger partial charge on any atom is 0.335 e. The number of carbonyl (C=O) groups is 1. The number of carboxylic acids is 1. The largest absolute Gasteiger partial charge is 0.478 e. The summed E-state index contributed by atoms with van der Waals surface area (Å²) >= 11 is 0. The Balaban J connectivity index is 2.09. The van der Waals surface area contributed by atoms with Crippen LogP contribution in [0.15, 0.2) is 18.2 Å². The van der Waals surface area contributed by atoms with Crippen LogP contribution in [-0.2, 0) is 5.41 Å². The summed E-state index contributed by atoms with van der Waals surface area (Å²) in [6.07, 6.45) is 3.72. The number of hydrogen-bond donors (Lipinski definition) is 1. The fraction of sp³-hybridized carbons (Fsp3) is 0.588. The van der Waals surface area contributed by atoms with Crippen LogP contribution in [0.25, 0.3) is 0 Å². The third-order valence-corrected chi connectivity index (χ3v) is 4.77. The molecule has 108 valence electrons. The van der Waals surface area contributed by atoms with Crippen LogP contribution in [0.3, 0.4) is 0 Å². The van der Waals surface area contributed by atoms with Gasteiger partial charge in [0.25, 0.3) is 0 Å². The standard InChI is InChI=1S/C17H23NO2/c1-4-15-13-8-5-11(16(19)20)9-14(13)17(2,3)10-18(15)12-6-7-12/h5,8-9,12,15H,4,6-7,10H2,1-3H3,(H,19,20). The molecule has 1 fully saturated rings. The predicted molar refractivity (Wildman–Crippen MR) is 79.2 cm³/mol. The highest BCUT2D eigenvalue weighted by Crippen LogP contribution is 2.46. The molecule has 0 aromatic heterocycles. The van der Waals surface area contributed by atoms with E-state index in [1.54, 1.807) is 6.07 Å². The van der Waals surface area contributed by atoms with Crippen LogP contribution in [-0.4, -0.2) is 28.6 Å². The molecule has 3 heteroatoms. The van der Waals surface area contributed by atoms with Crippen molar-refractivity contribution < 1.29 is 9.90 Å². The van der Waals surface area contributed by atoms with Gasteiger partial charge < -0.3 is 5.11 Å². The number of fused-ring (bicyclic) bond motifs is 1. The lowest BCUT2D eigenvalue weighted by atomic mass is 9.74. The highest BCUT2D eigenvalue weighted by Gasteiger charge is 2.43. The van der Waals surface area contributed by atoms with E-state index in [2.05, 4.69) is 25.7 Å². The van der Waals surface area contributed by atoms with Crippen LogP contribution >= 0.6 is 0 Å². The smallest absolute Gasteiger partial charge is 0.335 e. The second-order valence-electron chi connectivity index (χ2n) is 6.82. The maximum atomic E-state index is 11.2. The molecule has 1 aliphatic heterocycles. The molecular formula is C17H23NO2. The lowest BCUT2D eigenvalue weighted by molar-refractivity contribution is 0.0696. The van der Waals surface area contributed by atoms with Gasteiger partial charge in [0.1, 0.15) is 0 Å². The highest BCUT2D eigenvalue weighted by molar-refractivity contribution is 5.88. The molecule has 1 aromatic carbocycles. The van der Waals surface area contributed by atoms with Crippen LogP contribution in [0.4, 0.5) is 0 Å². The van der Waals surface area contributed by atoms with E-state index in [9.17, 15) is 9.90 Å². The van der Waals surface area contributed by atoms with Gasteiger partial charge in [0, 0.05) is 24.0 Å². The van der Waals surface area contributed by atoms with Gasteiger partial charge in [-0.15, -0.1) is 0 Å². The zero-order chi connectivity index (χ0) is 14.5. The van der Waals surface area contributed by atoms with Crippen molar-refractivity contribution in [3.05, 3.63) is 34.9 Å². The second kappa shape index (κ2) is 4.59. The first kappa shape index (κ1) is 13.6. The quantitative estimate of drug-likeness (QED) is 0.915. The Morgan fingerprint density at radius 1 is 1.40 bits per heavy atom.